The van der Waals surface area contributed by atoms with Crippen molar-refractivity contribution >= 4 is 5.78 Å². The monoisotopic (exact) mass is 264 g/mol. The van der Waals surface area contributed by atoms with Crippen molar-refractivity contribution in [3.63, 3.8) is 0 Å². The number of benzene rings is 1. The molecule has 4 heteroatoms. The minimum atomic E-state index is -0.973. The van der Waals surface area contributed by atoms with Gasteiger partial charge in [0.25, 0.3) is 0 Å². The molecule has 4 nitrogen and oxygen atoms in total. The molecule has 2 rings (SSSR count). The first-order valence-electron chi connectivity index (χ1n) is 6.43. The van der Waals surface area contributed by atoms with E-state index >= 15 is 0 Å². The number of Topliss-reactive ketones (excluding diaryl/α,β-unsaturated/α-hetero) is 1. The predicted octanol–water partition coefficient (Wildman–Crippen LogP) is 1.07. The van der Waals surface area contributed by atoms with Crippen LogP contribution in [-0.4, -0.2) is 34.3 Å². The van der Waals surface area contributed by atoms with Gasteiger partial charge in [-0.05, 0) is 49.4 Å². The molecule has 1 aromatic rings. The van der Waals surface area contributed by atoms with Gasteiger partial charge in [0, 0.05) is 5.56 Å². The summed E-state index contributed by atoms with van der Waals surface area (Å²) in [4.78, 5) is 12.4. The van der Waals surface area contributed by atoms with E-state index in [1.165, 1.54) is 0 Å². The zero-order chi connectivity index (χ0) is 14.4. The van der Waals surface area contributed by atoms with Crippen molar-refractivity contribution in [1.82, 2.24) is 0 Å². The van der Waals surface area contributed by atoms with Crippen LogP contribution in [0.4, 0.5) is 0 Å². The van der Waals surface area contributed by atoms with E-state index in [0.717, 1.165) is 16.7 Å². The molecule has 19 heavy (non-hydrogen) atoms. The van der Waals surface area contributed by atoms with Crippen LogP contribution in [-0.2, 0) is 6.42 Å². The molecule has 0 radical (unpaired) electrons. The van der Waals surface area contributed by atoms with Gasteiger partial charge < -0.3 is 15.3 Å². The molecule has 0 saturated carbocycles. The number of hydrogen-bond acceptors (Lipinski definition) is 4. The molecule has 1 aliphatic rings. The number of carbonyl (C=O) groups excluding carboxylic acids is 1. The van der Waals surface area contributed by atoms with Crippen LogP contribution < -0.4 is 0 Å². The van der Waals surface area contributed by atoms with Gasteiger partial charge in [0.05, 0.1) is 18.6 Å². The zero-order valence-corrected chi connectivity index (χ0v) is 11.5. The van der Waals surface area contributed by atoms with E-state index in [0.29, 0.717) is 17.5 Å². The molecule has 0 heterocycles. The molecular formula is C15H20O4. The highest BCUT2D eigenvalue weighted by Crippen LogP contribution is 2.40. The quantitative estimate of drug-likeness (QED) is 0.763. The number of ketones is 1. The maximum absolute atomic E-state index is 12.4. The average molecular weight is 264 g/mol. The Bertz CT molecular complexity index is 535. The van der Waals surface area contributed by atoms with Crippen molar-refractivity contribution in [3.8, 4) is 0 Å². The Labute approximate surface area is 112 Å². The largest absolute Gasteiger partial charge is 0.395 e. The third-order valence-corrected chi connectivity index (χ3v) is 4.13. The van der Waals surface area contributed by atoms with Gasteiger partial charge in [-0.15, -0.1) is 0 Å². The maximum Gasteiger partial charge on any atom is 0.171 e. The fraction of sp³-hybridized carbons (Fsp3) is 0.533. The Morgan fingerprint density at radius 3 is 2.53 bits per heavy atom. The number of carbonyl (C=O) groups is 1. The highest BCUT2D eigenvalue weighted by atomic mass is 16.3. The van der Waals surface area contributed by atoms with Gasteiger partial charge in [-0.1, -0.05) is 6.07 Å². The van der Waals surface area contributed by atoms with E-state index in [1.807, 2.05) is 13.0 Å². The first-order valence-corrected chi connectivity index (χ1v) is 6.43. The molecule has 104 valence electrons. The molecule has 0 spiro atoms. The van der Waals surface area contributed by atoms with Crippen molar-refractivity contribution in [2.24, 2.45) is 5.41 Å². The summed E-state index contributed by atoms with van der Waals surface area (Å²) in [5.74, 6) is -0.0751. The summed E-state index contributed by atoms with van der Waals surface area (Å²) in [7, 11) is 0. The normalized spacial score (nSPS) is 23.6. The fourth-order valence-corrected chi connectivity index (χ4v) is 3.07. The third kappa shape index (κ3) is 2.00. The lowest BCUT2D eigenvalue weighted by Gasteiger charge is -2.18. The molecule has 2 atom stereocenters. The number of aryl methyl sites for hydroxylation is 1. The first-order chi connectivity index (χ1) is 8.85. The minimum absolute atomic E-state index is 0.0751. The van der Waals surface area contributed by atoms with Crippen LogP contribution in [0.3, 0.4) is 0 Å². The molecule has 0 bridgehead atoms. The summed E-state index contributed by atoms with van der Waals surface area (Å²) in [6, 6.07) is 1.88. The number of rotatable bonds is 3. The molecule has 1 aliphatic carbocycles. The Morgan fingerprint density at radius 1 is 1.37 bits per heavy atom. The Kier molecular flexibility index (Phi) is 3.51. The number of fused-ring (bicyclic) bond motifs is 1. The van der Waals surface area contributed by atoms with Gasteiger partial charge in [0.2, 0.25) is 0 Å². The van der Waals surface area contributed by atoms with E-state index in [4.69, 9.17) is 5.11 Å². The minimum Gasteiger partial charge on any atom is -0.395 e. The van der Waals surface area contributed by atoms with Crippen LogP contribution >= 0.6 is 0 Å². The highest BCUT2D eigenvalue weighted by molar-refractivity contribution is 6.06. The molecule has 0 aliphatic heterocycles. The second kappa shape index (κ2) is 4.71. The summed E-state index contributed by atoms with van der Waals surface area (Å²) < 4.78 is 0. The van der Waals surface area contributed by atoms with Crippen molar-refractivity contribution in [3.05, 3.63) is 33.9 Å². The van der Waals surface area contributed by atoms with Gasteiger partial charge in [-0.2, -0.15) is 0 Å². The molecule has 0 fully saturated rings. The van der Waals surface area contributed by atoms with Gasteiger partial charge in [0.15, 0.2) is 5.78 Å². The van der Waals surface area contributed by atoms with Crippen LogP contribution in [0.5, 0.6) is 0 Å². The second-order valence-electron chi connectivity index (χ2n) is 5.69. The van der Waals surface area contributed by atoms with E-state index in [2.05, 4.69) is 0 Å². The van der Waals surface area contributed by atoms with Crippen LogP contribution in [0.1, 0.15) is 45.6 Å². The average Bonchev–Trinajstić information content (AvgIpc) is 2.61. The molecule has 0 amide bonds. The molecule has 0 aromatic heterocycles. The van der Waals surface area contributed by atoms with Crippen LogP contribution in [0.25, 0.3) is 0 Å². The summed E-state index contributed by atoms with van der Waals surface area (Å²) in [6.07, 6.45) is -0.450. The lowest BCUT2D eigenvalue weighted by molar-refractivity contribution is 0.0721. The standard InChI is InChI=1S/C15H20O4/c1-8-4-10-5-15(3,7-17)14(19)13(10)9(2)12(8)11(18)6-16/h4,11,16-18H,5-7H2,1-3H3/t11-,15-/m0/s1. The molecule has 0 saturated heterocycles. The number of aliphatic hydroxyl groups is 3. The Balaban J connectivity index is 2.63. The van der Waals surface area contributed by atoms with Gasteiger partial charge in [0.1, 0.15) is 6.10 Å². The lowest BCUT2D eigenvalue weighted by Crippen LogP contribution is -2.28. The van der Waals surface area contributed by atoms with Crippen molar-refractivity contribution in [1.29, 1.82) is 0 Å². The maximum atomic E-state index is 12.4. The van der Waals surface area contributed by atoms with Crippen molar-refractivity contribution < 1.29 is 20.1 Å². The van der Waals surface area contributed by atoms with Crippen molar-refractivity contribution in [2.45, 2.75) is 33.3 Å². The smallest absolute Gasteiger partial charge is 0.171 e. The lowest BCUT2D eigenvalue weighted by atomic mass is 9.86. The van der Waals surface area contributed by atoms with Gasteiger partial charge in [-0.25, -0.2) is 0 Å². The highest BCUT2D eigenvalue weighted by Gasteiger charge is 2.42. The topological polar surface area (TPSA) is 77.8 Å². The second-order valence-corrected chi connectivity index (χ2v) is 5.69. The summed E-state index contributed by atoms with van der Waals surface area (Å²) in [5.41, 5.74) is 2.97. The predicted molar refractivity (Wildman–Crippen MR) is 71.2 cm³/mol. The van der Waals surface area contributed by atoms with Crippen LogP contribution in [0.15, 0.2) is 6.07 Å². The summed E-state index contributed by atoms with van der Waals surface area (Å²) in [5, 5.41) is 28.5. The van der Waals surface area contributed by atoms with Crippen molar-refractivity contribution in [2.75, 3.05) is 13.2 Å². The Morgan fingerprint density at radius 2 is 2.00 bits per heavy atom. The molecule has 3 N–H and O–H groups in total. The molecule has 0 unspecified atom stereocenters. The van der Waals surface area contributed by atoms with Gasteiger partial charge >= 0.3 is 0 Å². The van der Waals surface area contributed by atoms with E-state index in [1.54, 1.807) is 13.8 Å². The van der Waals surface area contributed by atoms with Crippen LogP contribution in [0, 0.1) is 19.3 Å². The third-order valence-electron chi connectivity index (χ3n) is 4.13. The molecule has 1 aromatic carbocycles. The number of hydrogen-bond donors (Lipinski definition) is 3. The summed E-state index contributed by atoms with van der Waals surface area (Å²) in [6.45, 7) is 4.86. The van der Waals surface area contributed by atoms with E-state index in [-0.39, 0.29) is 19.0 Å². The zero-order valence-electron chi connectivity index (χ0n) is 11.5. The molecular weight excluding hydrogens is 244 g/mol. The van der Waals surface area contributed by atoms with Gasteiger partial charge in [-0.3, -0.25) is 4.79 Å². The summed E-state index contributed by atoms with van der Waals surface area (Å²) >= 11 is 0. The van der Waals surface area contributed by atoms with E-state index in [9.17, 15) is 15.0 Å². The van der Waals surface area contributed by atoms with Crippen LogP contribution in [0.2, 0.25) is 0 Å². The Hall–Kier alpha value is -1.23. The SMILES string of the molecule is Cc1cc2c(c(C)c1[C@@H](O)CO)C(=O)[C@](C)(CO)C2. The first kappa shape index (κ1) is 14.2. The van der Waals surface area contributed by atoms with E-state index < -0.39 is 11.5 Å². The fourth-order valence-electron chi connectivity index (χ4n) is 3.07. The number of aliphatic hydroxyl groups excluding tert-OH is 3.